The Morgan fingerprint density at radius 1 is 1.16 bits per heavy atom. The van der Waals surface area contributed by atoms with E-state index >= 15 is 0 Å². The van der Waals surface area contributed by atoms with Crippen molar-refractivity contribution in [3.63, 3.8) is 0 Å². The highest BCUT2D eigenvalue weighted by Gasteiger charge is 2.07. The predicted molar refractivity (Wildman–Crippen MR) is 75.2 cm³/mol. The SMILES string of the molecule is COc1cc(C)c(-c2ccc3cnn(C)c3c2)cn1. The van der Waals surface area contributed by atoms with Gasteiger partial charge in [0.25, 0.3) is 0 Å². The van der Waals surface area contributed by atoms with Gasteiger partial charge < -0.3 is 4.74 Å². The van der Waals surface area contributed by atoms with Crippen LogP contribution in [0.4, 0.5) is 0 Å². The van der Waals surface area contributed by atoms with E-state index in [0.29, 0.717) is 5.88 Å². The van der Waals surface area contributed by atoms with Crippen LogP contribution in [0.1, 0.15) is 5.56 Å². The van der Waals surface area contributed by atoms with Gasteiger partial charge in [0.2, 0.25) is 5.88 Å². The van der Waals surface area contributed by atoms with E-state index in [-0.39, 0.29) is 0 Å². The highest BCUT2D eigenvalue weighted by molar-refractivity contribution is 5.84. The third-order valence-corrected chi connectivity index (χ3v) is 3.35. The van der Waals surface area contributed by atoms with E-state index < -0.39 is 0 Å². The lowest BCUT2D eigenvalue weighted by Gasteiger charge is -2.08. The molecule has 3 rings (SSSR count). The number of benzene rings is 1. The van der Waals surface area contributed by atoms with E-state index in [9.17, 15) is 0 Å². The van der Waals surface area contributed by atoms with Gasteiger partial charge in [-0.15, -0.1) is 0 Å². The first-order chi connectivity index (χ1) is 9.19. The van der Waals surface area contributed by atoms with E-state index in [4.69, 9.17) is 4.74 Å². The molecule has 0 saturated heterocycles. The van der Waals surface area contributed by atoms with Crippen LogP contribution < -0.4 is 4.74 Å². The number of rotatable bonds is 2. The number of ether oxygens (including phenoxy) is 1. The van der Waals surface area contributed by atoms with Crippen molar-refractivity contribution in [2.45, 2.75) is 6.92 Å². The van der Waals surface area contributed by atoms with E-state index in [1.165, 1.54) is 0 Å². The first-order valence-corrected chi connectivity index (χ1v) is 6.12. The van der Waals surface area contributed by atoms with Crippen molar-refractivity contribution in [3.05, 3.63) is 42.2 Å². The van der Waals surface area contributed by atoms with Crippen LogP contribution in [0.5, 0.6) is 5.88 Å². The summed E-state index contributed by atoms with van der Waals surface area (Å²) in [4.78, 5) is 4.28. The molecule has 1 aromatic carbocycles. The maximum absolute atomic E-state index is 5.14. The van der Waals surface area contributed by atoms with Gasteiger partial charge in [-0.2, -0.15) is 5.10 Å². The number of pyridine rings is 1. The second kappa shape index (κ2) is 4.39. The maximum atomic E-state index is 5.14. The summed E-state index contributed by atoms with van der Waals surface area (Å²) in [6, 6.07) is 8.27. The number of hydrogen-bond donors (Lipinski definition) is 0. The minimum Gasteiger partial charge on any atom is -0.481 e. The molecule has 0 aliphatic rings. The maximum Gasteiger partial charge on any atom is 0.213 e. The summed E-state index contributed by atoms with van der Waals surface area (Å²) in [7, 11) is 3.58. The van der Waals surface area contributed by atoms with Crippen molar-refractivity contribution >= 4 is 10.9 Å². The van der Waals surface area contributed by atoms with E-state index in [2.05, 4.69) is 35.2 Å². The summed E-state index contributed by atoms with van der Waals surface area (Å²) in [5.74, 6) is 0.642. The van der Waals surface area contributed by atoms with Crippen LogP contribution in [0.3, 0.4) is 0 Å². The van der Waals surface area contributed by atoms with Gasteiger partial charge in [-0.25, -0.2) is 4.98 Å². The minimum absolute atomic E-state index is 0.642. The smallest absolute Gasteiger partial charge is 0.213 e. The van der Waals surface area contributed by atoms with Gasteiger partial charge in [-0.05, 0) is 24.1 Å². The quantitative estimate of drug-likeness (QED) is 0.705. The van der Waals surface area contributed by atoms with Crippen LogP contribution in [-0.2, 0) is 7.05 Å². The number of hydrogen-bond acceptors (Lipinski definition) is 3. The van der Waals surface area contributed by atoms with Crippen LogP contribution in [0, 0.1) is 6.92 Å². The van der Waals surface area contributed by atoms with Crippen LogP contribution in [-0.4, -0.2) is 21.9 Å². The van der Waals surface area contributed by atoms with Gasteiger partial charge in [-0.3, -0.25) is 4.68 Å². The molecule has 0 fully saturated rings. The fourth-order valence-electron chi connectivity index (χ4n) is 2.26. The van der Waals surface area contributed by atoms with Gasteiger partial charge in [0.15, 0.2) is 0 Å². The zero-order valence-electron chi connectivity index (χ0n) is 11.2. The molecule has 0 unspecified atom stereocenters. The fraction of sp³-hybridized carbons (Fsp3) is 0.200. The molecule has 0 aliphatic carbocycles. The first-order valence-electron chi connectivity index (χ1n) is 6.12. The molecule has 0 radical (unpaired) electrons. The lowest BCUT2D eigenvalue weighted by molar-refractivity contribution is 0.397. The molecule has 96 valence electrons. The largest absolute Gasteiger partial charge is 0.481 e. The summed E-state index contributed by atoms with van der Waals surface area (Å²) in [5.41, 5.74) is 4.52. The Morgan fingerprint density at radius 2 is 2.00 bits per heavy atom. The van der Waals surface area contributed by atoms with E-state index in [1.807, 2.05) is 30.2 Å². The number of aromatic nitrogens is 3. The fourth-order valence-corrected chi connectivity index (χ4v) is 2.26. The summed E-state index contributed by atoms with van der Waals surface area (Å²) in [6.45, 7) is 2.06. The zero-order chi connectivity index (χ0) is 13.4. The van der Waals surface area contributed by atoms with Crippen molar-refractivity contribution in [3.8, 4) is 17.0 Å². The number of nitrogens with zero attached hydrogens (tertiary/aromatic N) is 3. The van der Waals surface area contributed by atoms with Crippen LogP contribution in [0.15, 0.2) is 36.7 Å². The molecule has 0 atom stereocenters. The molecule has 19 heavy (non-hydrogen) atoms. The number of aryl methyl sites for hydroxylation is 2. The molecule has 0 spiro atoms. The molecule has 0 saturated carbocycles. The van der Waals surface area contributed by atoms with Crippen molar-refractivity contribution in [2.75, 3.05) is 7.11 Å². The minimum atomic E-state index is 0.642. The standard InChI is InChI=1S/C15H15N3O/c1-10-6-15(19-3)16-9-13(10)11-4-5-12-8-17-18(2)14(12)7-11/h4-9H,1-3H3. The normalized spacial score (nSPS) is 10.9. The van der Waals surface area contributed by atoms with Gasteiger partial charge in [0.05, 0.1) is 18.8 Å². The highest BCUT2D eigenvalue weighted by Crippen LogP contribution is 2.27. The molecule has 2 aromatic heterocycles. The Morgan fingerprint density at radius 3 is 2.74 bits per heavy atom. The first kappa shape index (κ1) is 11.7. The Labute approximate surface area is 111 Å². The van der Waals surface area contributed by atoms with Crippen molar-refractivity contribution < 1.29 is 4.74 Å². The summed E-state index contributed by atoms with van der Waals surface area (Å²) in [6.07, 6.45) is 3.73. The molecular formula is C15H15N3O. The predicted octanol–water partition coefficient (Wildman–Crippen LogP) is 2.95. The van der Waals surface area contributed by atoms with Gasteiger partial charge in [0, 0.05) is 30.3 Å². The molecule has 0 N–H and O–H groups in total. The molecule has 0 bridgehead atoms. The third kappa shape index (κ3) is 1.95. The highest BCUT2D eigenvalue weighted by atomic mass is 16.5. The van der Waals surface area contributed by atoms with Crippen molar-refractivity contribution in [1.29, 1.82) is 0 Å². The molecule has 3 aromatic rings. The second-order valence-corrected chi connectivity index (χ2v) is 4.58. The number of fused-ring (bicyclic) bond motifs is 1. The van der Waals surface area contributed by atoms with Gasteiger partial charge in [0.1, 0.15) is 0 Å². The Kier molecular flexibility index (Phi) is 2.71. The monoisotopic (exact) mass is 253 g/mol. The average molecular weight is 253 g/mol. The van der Waals surface area contributed by atoms with Crippen LogP contribution in [0.2, 0.25) is 0 Å². The second-order valence-electron chi connectivity index (χ2n) is 4.58. The molecule has 0 aliphatic heterocycles. The average Bonchev–Trinajstić information content (AvgIpc) is 2.80. The summed E-state index contributed by atoms with van der Waals surface area (Å²) in [5, 5.41) is 5.41. The third-order valence-electron chi connectivity index (χ3n) is 3.35. The lowest BCUT2D eigenvalue weighted by atomic mass is 10.0. The van der Waals surface area contributed by atoms with Crippen LogP contribution >= 0.6 is 0 Å². The Bertz CT molecular complexity index is 746. The van der Waals surface area contributed by atoms with E-state index in [0.717, 1.165) is 27.6 Å². The molecule has 0 amide bonds. The molecular weight excluding hydrogens is 238 g/mol. The van der Waals surface area contributed by atoms with Crippen molar-refractivity contribution in [1.82, 2.24) is 14.8 Å². The Hall–Kier alpha value is -2.36. The molecule has 4 nitrogen and oxygen atoms in total. The van der Waals surface area contributed by atoms with Crippen molar-refractivity contribution in [2.24, 2.45) is 7.05 Å². The topological polar surface area (TPSA) is 39.9 Å². The Balaban J connectivity index is 2.15. The van der Waals surface area contributed by atoms with Crippen LogP contribution in [0.25, 0.3) is 22.0 Å². The summed E-state index contributed by atoms with van der Waals surface area (Å²) < 4.78 is 7.02. The lowest BCUT2D eigenvalue weighted by Crippen LogP contribution is -1.92. The molecule has 4 heteroatoms. The zero-order valence-corrected chi connectivity index (χ0v) is 11.2. The molecule has 2 heterocycles. The van der Waals surface area contributed by atoms with E-state index in [1.54, 1.807) is 7.11 Å². The van der Waals surface area contributed by atoms with Gasteiger partial charge in [-0.1, -0.05) is 12.1 Å². The van der Waals surface area contributed by atoms with Gasteiger partial charge >= 0.3 is 0 Å². The summed E-state index contributed by atoms with van der Waals surface area (Å²) >= 11 is 0. The number of methoxy groups -OCH3 is 1.